The Labute approximate surface area is 206 Å². The Morgan fingerprint density at radius 1 is 0.412 bits per heavy atom. The van der Waals surface area contributed by atoms with E-state index in [9.17, 15) is 0 Å². The Morgan fingerprint density at radius 2 is 0.794 bits per heavy atom. The number of hydrogen-bond acceptors (Lipinski definition) is 2. The van der Waals surface area contributed by atoms with Crippen LogP contribution in [0.25, 0.3) is 62.6 Å². The first-order valence-electron chi connectivity index (χ1n) is 11.6. The zero-order valence-corrected chi connectivity index (χ0v) is 20.7. The van der Waals surface area contributed by atoms with Crippen LogP contribution < -0.4 is 0 Å². The molecule has 34 heavy (non-hydrogen) atoms. The Hall–Kier alpha value is -3.46. The first kappa shape index (κ1) is 20.0. The van der Waals surface area contributed by atoms with Crippen LogP contribution in [0.5, 0.6) is 0 Å². The summed E-state index contributed by atoms with van der Waals surface area (Å²) in [6.45, 7) is 4.28. The van der Waals surface area contributed by atoms with E-state index in [2.05, 4.69) is 111 Å². The van der Waals surface area contributed by atoms with Crippen LogP contribution in [0.4, 0.5) is 0 Å². The highest BCUT2D eigenvalue weighted by molar-refractivity contribution is 7.23. The van der Waals surface area contributed by atoms with E-state index in [1.54, 1.807) is 0 Å². The summed E-state index contributed by atoms with van der Waals surface area (Å²) in [5, 5.41) is 8.03. The lowest BCUT2D eigenvalue weighted by atomic mass is 9.99. The Balaban J connectivity index is 1.43. The first-order chi connectivity index (χ1) is 16.6. The molecule has 0 nitrogen and oxygen atoms in total. The summed E-state index contributed by atoms with van der Waals surface area (Å²) >= 11 is 3.81. The molecule has 2 heteroatoms. The van der Waals surface area contributed by atoms with Gasteiger partial charge in [-0.3, -0.25) is 0 Å². The fraction of sp³-hybridized carbons (Fsp3) is 0.0625. The third-order valence-corrected chi connectivity index (χ3v) is 9.30. The van der Waals surface area contributed by atoms with Gasteiger partial charge < -0.3 is 0 Å². The van der Waals surface area contributed by atoms with Crippen LogP contribution in [0, 0.1) is 13.8 Å². The van der Waals surface area contributed by atoms with E-state index in [0.717, 1.165) is 0 Å². The van der Waals surface area contributed by atoms with Crippen LogP contribution in [0.15, 0.2) is 97.1 Å². The standard InChI is InChI=1S/C32H22S2/c1-19-3-7-21(8-4-19)29-17-23-11-13-25-26-14-12-24-18-30(22-9-5-20(2)6-10-22)34-32(24)28(26)16-15-27(25)31(23)33-29/h3-18H,1-2H3. The van der Waals surface area contributed by atoms with Crippen LogP contribution in [0.1, 0.15) is 11.1 Å². The molecule has 0 N–H and O–H groups in total. The van der Waals surface area contributed by atoms with Gasteiger partial charge in [-0.05, 0) is 58.7 Å². The van der Waals surface area contributed by atoms with Gasteiger partial charge >= 0.3 is 0 Å². The maximum atomic E-state index is 2.34. The number of benzene rings is 5. The number of rotatable bonds is 2. The fourth-order valence-electron chi connectivity index (χ4n) is 4.94. The quantitative estimate of drug-likeness (QED) is 0.220. The normalized spacial score (nSPS) is 11.8. The van der Waals surface area contributed by atoms with Crippen molar-refractivity contribution < 1.29 is 0 Å². The molecule has 0 bridgehead atoms. The maximum Gasteiger partial charge on any atom is 0.0428 e. The lowest BCUT2D eigenvalue weighted by Crippen LogP contribution is -1.78. The molecule has 0 saturated heterocycles. The van der Waals surface area contributed by atoms with Crippen LogP contribution in [-0.2, 0) is 0 Å². The monoisotopic (exact) mass is 470 g/mol. The molecule has 0 spiro atoms. The lowest BCUT2D eigenvalue weighted by molar-refractivity contribution is 1.48. The van der Waals surface area contributed by atoms with E-state index in [4.69, 9.17) is 0 Å². The average molecular weight is 471 g/mol. The van der Waals surface area contributed by atoms with E-state index in [1.807, 2.05) is 22.7 Å². The summed E-state index contributed by atoms with van der Waals surface area (Å²) < 4.78 is 2.75. The number of hydrogen-bond donors (Lipinski definition) is 0. The van der Waals surface area contributed by atoms with Crippen LogP contribution in [-0.4, -0.2) is 0 Å². The van der Waals surface area contributed by atoms with Gasteiger partial charge in [0.2, 0.25) is 0 Å². The first-order valence-corrected chi connectivity index (χ1v) is 13.2. The van der Waals surface area contributed by atoms with Gasteiger partial charge in [-0.1, -0.05) is 96.1 Å². The van der Waals surface area contributed by atoms with Crippen molar-refractivity contribution in [2.24, 2.45) is 0 Å². The largest absolute Gasteiger partial charge is 0.135 e. The zero-order chi connectivity index (χ0) is 22.8. The molecule has 0 unspecified atom stereocenters. The number of aryl methyl sites for hydroxylation is 2. The van der Waals surface area contributed by atoms with Crippen molar-refractivity contribution in [1.82, 2.24) is 0 Å². The highest BCUT2D eigenvalue weighted by Crippen LogP contribution is 2.43. The molecule has 0 fully saturated rings. The molecule has 0 saturated carbocycles. The molecule has 162 valence electrons. The lowest BCUT2D eigenvalue weighted by Gasteiger charge is -2.06. The molecule has 5 aromatic carbocycles. The van der Waals surface area contributed by atoms with E-state index < -0.39 is 0 Å². The average Bonchev–Trinajstić information content (AvgIpc) is 3.49. The molecule has 0 aliphatic carbocycles. The highest BCUT2D eigenvalue weighted by atomic mass is 32.1. The molecular formula is C32H22S2. The van der Waals surface area contributed by atoms with Gasteiger partial charge in [-0.2, -0.15) is 0 Å². The van der Waals surface area contributed by atoms with Crippen molar-refractivity contribution in [2.45, 2.75) is 13.8 Å². The van der Waals surface area contributed by atoms with Gasteiger partial charge in [0.25, 0.3) is 0 Å². The molecule has 0 aliphatic rings. The smallest absolute Gasteiger partial charge is 0.0428 e. The van der Waals surface area contributed by atoms with Crippen molar-refractivity contribution in [1.29, 1.82) is 0 Å². The van der Waals surface area contributed by atoms with Gasteiger partial charge in [-0.15, -0.1) is 22.7 Å². The summed E-state index contributed by atoms with van der Waals surface area (Å²) in [6, 6.07) is 36.3. The second kappa shape index (κ2) is 7.53. The molecule has 0 atom stereocenters. The molecular weight excluding hydrogens is 448 g/mol. The molecule has 0 radical (unpaired) electrons. The third kappa shape index (κ3) is 3.10. The van der Waals surface area contributed by atoms with Crippen LogP contribution in [0.3, 0.4) is 0 Å². The predicted octanol–water partition coefficient (Wildman–Crippen LogP) is 10.4. The summed E-state index contributed by atoms with van der Waals surface area (Å²) in [7, 11) is 0. The SMILES string of the molecule is Cc1ccc(-c2cc3ccc4c5ccc6cc(-c7ccc(C)cc7)sc6c5ccc4c3s2)cc1. The van der Waals surface area contributed by atoms with Gasteiger partial charge in [0, 0.05) is 29.9 Å². The van der Waals surface area contributed by atoms with Crippen molar-refractivity contribution in [2.75, 3.05) is 0 Å². The summed E-state index contributed by atoms with van der Waals surface area (Å²) in [5.41, 5.74) is 5.19. The van der Waals surface area contributed by atoms with Gasteiger partial charge in [0.15, 0.2) is 0 Å². The van der Waals surface area contributed by atoms with Gasteiger partial charge in [0.1, 0.15) is 0 Å². The third-order valence-electron chi connectivity index (χ3n) is 6.83. The van der Waals surface area contributed by atoms with E-state index in [0.29, 0.717) is 0 Å². The van der Waals surface area contributed by atoms with Crippen LogP contribution in [0.2, 0.25) is 0 Å². The maximum absolute atomic E-state index is 2.34. The minimum Gasteiger partial charge on any atom is -0.135 e. The molecule has 2 aromatic heterocycles. The van der Waals surface area contributed by atoms with Gasteiger partial charge in [0.05, 0.1) is 0 Å². The van der Waals surface area contributed by atoms with Crippen LogP contribution >= 0.6 is 22.7 Å². The molecule has 7 rings (SSSR count). The highest BCUT2D eigenvalue weighted by Gasteiger charge is 2.13. The fourth-order valence-corrected chi connectivity index (χ4v) is 7.32. The number of thiophene rings is 2. The Kier molecular flexibility index (Phi) is 4.42. The molecule has 7 aromatic rings. The minimum atomic E-state index is 1.30. The van der Waals surface area contributed by atoms with Gasteiger partial charge in [-0.25, -0.2) is 0 Å². The van der Waals surface area contributed by atoms with E-state index in [-0.39, 0.29) is 0 Å². The molecule has 0 aliphatic heterocycles. The Morgan fingerprint density at radius 3 is 1.21 bits per heavy atom. The van der Waals surface area contributed by atoms with E-state index >= 15 is 0 Å². The summed E-state index contributed by atoms with van der Waals surface area (Å²) in [6.07, 6.45) is 0. The Bertz CT molecular complexity index is 1710. The topological polar surface area (TPSA) is 0 Å². The summed E-state index contributed by atoms with van der Waals surface area (Å²) in [4.78, 5) is 2.66. The molecule has 0 amide bonds. The second-order valence-electron chi connectivity index (χ2n) is 9.18. The number of fused-ring (bicyclic) bond motifs is 7. The summed E-state index contributed by atoms with van der Waals surface area (Å²) in [5.74, 6) is 0. The van der Waals surface area contributed by atoms with Crippen molar-refractivity contribution in [3.8, 4) is 20.9 Å². The van der Waals surface area contributed by atoms with Crippen molar-refractivity contribution in [3.05, 3.63) is 108 Å². The van der Waals surface area contributed by atoms with Crippen molar-refractivity contribution in [3.63, 3.8) is 0 Å². The zero-order valence-electron chi connectivity index (χ0n) is 19.1. The van der Waals surface area contributed by atoms with Crippen molar-refractivity contribution >= 4 is 64.4 Å². The second-order valence-corrected chi connectivity index (χ2v) is 11.3. The van der Waals surface area contributed by atoms with E-state index in [1.165, 1.54) is 73.7 Å². The minimum absolute atomic E-state index is 1.30. The predicted molar refractivity (Wildman–Crippen MR) is 153 cm³/mol. The molecule has 2 heterocycles.